The zero-order valence-electron chi connectivity index (χ0n) is 13.9. The molecule has 0 aliphatic heterocycles. The molecule has 0 amide bonds. The average molecular weight is 298 g/mol. The fourth-order valence-electron chi connectivity index (χ4n) is 5.46. The smallest absolute Gasteiger partial charge is 0.125 e. The number of methoxy groups -OCH3 is 2. The van der Waals surface area contributed by atoms with Gasteiger partial charge >= 0.3 is 0 Å². The number of rotatable bonds is 3. The SMILES string of the molecule is COC(=C1C2CC3CC(C2)CC1C3)c1cc(C)cc(OC)c1. The summed E-state index contributed by atoms with van der Waals surface area (Å²) in [6.07, 6.45) is 7.04. The summed E-state index contributed by atoms with van der Waals surface area (Å²) in [7, 11) is 3.57. The van der Waals surface area contributed by atoms with Crippen LogP contribution in [0.2, 0.25) is 0 Å². The molecule has 4 bridgehead atoms. The van der Waals surface area contributed by atoms with Crippen molar-refractivity contribution < 1.29 is 9.47 Å². The predicted octanol–water partition coefficient (Wildman–Crippen LogP) is 4.82. The van der Waals surface area contributed by atoms with Gasteiger partial charge < -0.3 is 9.47 Å². The minimum absolute atomic E-state index is 0.762. The molecular weight excluding hydrogens is 272 g/mol. The van der Waals surface area contributed by atoms with E-state index in [0.29, 0.717) is 0 Å². The van der Waals surface area contributed by atoms with Crippen molar-refractivity contribution in [2.45, 2.75) is 39.0 Å². The van der Waals surface area contributed by atoms with Crippen LogP contribution in [0, 0.1) is 30.6 Å². The lowest BCUT2D eigenvalue weighted by molar-refractivity contribution is 0.0675. The standard InChI is InChI=1S/C20H26O2/c1-12-4-17(11-18(5-12)21-2)20(22-3)19-15-7-13-6-14(9-15)10-16(19)8-13/h4-5,11,13-16H,6-10H2,1-3H3. The maximum absolute atomic E-state index is 5.94. The van der Waals surface area contributed by atoms with Crippen molar-refractivity contribution in [3.05, 3.63) is 34.9 Å². The van der Waals surface area contributed by atoms with Gasteiger partial charge in [0.25, 0.3) is 0 Å². The molecule has 0 N–H and O–H groups in total. The molecular formula is C20H26O2. The summed E-state index contributed by atoms with van der Waals surface area (Å²) in [6.45, 7) is 2.13. The van der Waals surface area contributed by atoms with Crippen molar-refractivity contribution in [3.8, 4) is 5.75 Å². The van der Waals surface area contributed by atoms with Gasteiger partial charge in [-0.05, 0) is 92.0 Å². The zero-order chi connectivity index (χ0) is 15.3. The first-order chi connectivity index (χ1) is 10.7. The van der Waals surface area contributed by atoms with Crippen molar-refractivity contribution in [1.29, 1.82) is 0 Å². The third-order valence-electron chi connectivity index (χ3n) is 6.03. The molecule has 4 saturated carbocycles. The minimum Gasteiger partial charge on any atom is -0.497 e. The number of allylic oxidation sites excluding steroid dienone is 1. The van der Waals surface area contributed by atoms with Crippen molar-refractivity contribution >= 4 is 5.76 Å². The van der Waals surface area contributed by atoms with Crippen molar-refractivity contribution in [2.75, 3.05) is 14.2 Å². The molecule has 4 fully saturated rings. The predicted molar refractivity (Wildman–Crippen MR) is 88.7 cm³/mol. The van der Waals surface area contributed by atoms with Crippen molar-refractivity contribution in [2.24, 2.45) is 23.7 Å². The Labute approximate surface area is 133 Å². The molecule has 0 saturated heterocycles. The van der Waals surface area contributed by atoms with E-state index in [1.54, 1.807) is 12.7 Å². The van der Waals surface area contributed by atoms with Gasteiger partial charge in [-0.2, -0.15) is 0 Å². The fraction of sp³-hybridized carbons (Fsp3) is 0.600. The van der Waals surface area contributed by atoms with E-state index < -0.39 is 0 Å². The molecule has 0 spiro atoms. The summed E-state index contributed by atoms with van der Waals surface area (Å²) in [4.78, 5) is 0. The highest BCUT2D eigenvalue weighted by atomic mass is 16.5. The largest absolute Gasteiger partial charge is 0.497 e. The Balaban J connectivity index is 1.79. The highest BCUT2D eigenvalue weighted by Gasteiger charge is 2.46. The van der Waals surface area contributed by atoms with Crippen LogP contribution in [0.3, 0.4) is 0 Å². The number of ether oxygens (including phenoxy) is 2. The first-order valence-corrected chi connectivity index (χ1v) is 8.62. The zero-order valence-corrected chi connectivity index (χ0v) is 13.9. The van der Waals surface area contributed by atoms with Gasteiger partial charge in [-0.3, -0.25) is 0 Å². The van der Waals surface area contributed by atoms with Crippen LogP contribution in [0.1, 0.15) is 43.2 Å². The van der Waals surface area contributed by atoms with Gasteiger partial charge in [-0.15, -0.1) is 0 Å². The Morgan fingerprint density at radius 2 is 1.55 bits per heavy atom. The van der Waals surface area contributed by atoms with E-state index in [1.165, 1.54) is 43.2 Å². The summed E-state index contributed by atoms with van der Waals surface area (Å²) >= 11 is 0. The molecule has 1 aromatic carbocycles. The Kier molecular flexibility index (Phi) is 3.43. The summed E-state index contributed by atoms with van der Waals surface area (Å²) in [5.74, 6) is 5.55. The van der Waals surface area contributed by atoms with Gasteiger partial charge in [0.1, 0.15) is 11.5 Å². The van der Waals surface area contributed by atoms with Crippen molar-refractivity contribution in [1.82, 2.24) is 0 Å². The van der Waals surface area contributed by atoms with Crippen LogP contribution in [-0.4, -0.2) is 14.2 Å². The van der Waals surface area contributed by atoms with E-state index in [4.69, 9.17) is 9.47 Å². The average Bonchev–Trinajstić information content (AvgIpc) is 2.49. The summed E-state index contributed by atoms with van der Waals surface area (Å²) in [6, 6.07) is 6.45. The van der Waals surface area contributed by atoms with Gasteiger partial charge in [0.05, 0.1) is 14.2 Å². The molecule has 118 valence electrons. The van der Waals surface area contributed by atoms with Gasteiger partial charge in [0, 0.05) is 5.56 Å². The van der Waals surface area contributed by atoms with E-state index in [1.807, 2.05) is 7.11 Å². The van der Waals surface area contributed by atoms with Crippen LogP contribution in [0.15, 0.2) is 23.8 Å². The second-order valence-corrected chi connectivity index (χ2v) is 7.53. The monoisotopic (exact) mass is 298 g/mol. The number of benzene rings is 1. The van der Waals surface area contributed by atoms with E-state index in [0.717, 1.165) is 35.2 Å². The Morgan fingerprint density at radius 3 is 2.09 bits per heavy atom. The molecule has 1 aromatic rings. The second kappa shape index (κ2) is 5.33. The highest BCUT2D eigenvalue weighted by molar-refractivity contribution is 5.66. The van der Waals surface area contributed by atoms with E-state index in [-0.39, 0.29) is 0 Å². The first-order valence-electron chi connectivity index (χ1n) is 8.62. The van der Waals surface area contributed by atoms with Crippen LogP contribution >= 0.6 is 0 Å². The van der Waals surface area contributed by atoms with Crippen LogP contribution in [0.5, 0.6) is 5.75 Å². The van der Waals surface area contributed by atoms with Crippen LogP contribution in [0.4, 0.5) is 0 Å². The minimum atomic E-state index is 0.762. The number of hydrogen-bond acceptors (Lipinski definition) is 2. The molecule has 4 aliphatic carbocycles. The van der Waals surface area contributed by atoms with Gasteiger partial charge in [-0.25, -0.2) is 0 Å². The fourth-order valence-corrected chi connectivity index (χ4v) is 5.46. The highest BCUT2D eigenvalue weighted by Crippen LogP contribution is 2.58. The Morgan fingerprint density at radius 1 is 0.909 bits per heavy atom. The summed E-state index contributed by atoms with van der Waals surface area (Å²) in [5, 5.41) is 0. The van der Waals surface area contributed by atoms with Crippen LogP contribution < -0.4 is 4.74 Å². The quantitative estimate of drug-likeness (QED) is 0.745. The van der Waals surface area contributed by atoms with E-state index in [2.05, 4.69) is 25.1 Å². The molecule has 0 heterocycles. The molecule has 5 rings (SSSR count). The summed E-state index contributed by atoms with van der Waals surface area (Å²) in [5.41, 5.74) is 4.04. The van der Waals surface area contributed by atoms with Gasteiger partial charge in [-0.1, -0.05) is 0 Å². The van der Waals surface area contributed by atoms with E-state index in [9.17, 15) is 0 Å². The molecule has 0 atom stereocenters. The molecule has 4 aliphatic rings. The van der Waals surface area contributed by atoms with Crippen LogP contribution in [0.25, 0.3) is 5.76 Å². The Bertz CT molecular complexity index is 584. The molecule has 2 heteroatoms. The van der Waals surface area contributed by atoms with E-state index >= 15 is 0 Å². The number of hydrogen-bond donors (Lipinski definition) is 0. The van der Waals surface area contributed by atoms with Crippen molar-refractivity contribution in [3.63, 3.8) is 0 Å². The summed E-state index contributed by atoms with van der Waals surface area (Å²) < 4.78 is 11.4. The molecule has 0 aromatic heterocycles. The second-order valence-electron chi connectivity index (χ2n) is 7.53. The lowest BCUT2D eigenvalue weighted by Crippen LogP contribution is -2.40. The topological polar surface area (TPSA) is 18.5 Å². The number of aryl methyl sites for hydroxylation is 1. The maximum atomic E-state index is 5.94. The van der Waals surface area contributed by atoms with Gasteiger partial charge in [0.2, 0.25) is 0 Å². The lowest BCUT2D eigenvalue weighted by atomic mass is 9.54. The first kappa shape index (κ1) is 14.2. The normalized spacial score (nSPS) is 32.2. The molecule has 0 radical (unpaired) electrons. The third-order valence-corrected chi connectivity index (χ3v) is 6.03. The molecule has 2 nitrogen and oxygen atoms in total. The van der Waals surface area contributed by atoms with Gasteiger partial charge in [0.15, 0.2) is 0 Å². The maximum Gasteiger partial charge on any atom is 0.125 e. The lowest BCUT2D eigenvalue weighted by Gasteiger charge is -2.51. The molecule has 0 unspecified atom stereocenters. The Hall–Kier alpha value is -1.44. The molecule has 22 heavy (non-hydrogen) atoms. The third kappa shape index (κ3) is 2.24. The van der Waals surface area contributed by atoms with Crippen LogP contribution in [-0.2, 0) is 4.74 Å².